The lowest BCUT2D eigenvalue weighted by Crippen LogP contribution is -2.54. The molecule has 1 aliphatic heterocycles. The van der Waals surface area contributed by atoms with Crippen molar-refractivity contribution in [2.75, 3.05) is 11.5 Å². The van der Waals surface area contributed by atoms with Crippen LogP contribution in [0, 0.1) is 5.82 Å². The van der Waals surface area contributed by atoms with Crippen molar-refractivity contribution in [3.05, 3.63) is 107 Å². The molecule has 7 nitrogen and oxygen atoms in total. The highest BCUT2D eigenvalue weighted by Gasteiger charge is 2.36. The van der Waals surface area contributed by atoms with Crippen molar-refractivity contribution in [1.29, 1.82) is 0 Å². The number of imide groups is 2. The summed E-state index contributed by atoms with van der Waals surface area (Å²) in [6.45, 7) is 8.08. The standard InChI is InChI=1S/C31H29FN2O5/c1-4-8-23-15-22(18-27(38-6-3)28(23)39-19-21-9-7-10-24(32)16-21)17-26-29(35)33-31(37)34(30(26)36)25-13-11-20(5-2)12-14-25/h4,7,9-18H,1,5-6,8,19H2,2-3H3,(H,33,35,37)/b26-17-. The van der Waals surface area contributed by atoms with Crippen LogP contribution in [0.4, 0.5) is 14.9 Å². The van der Waals surface area contributed by atoms with Gasteiger partial charge in [0.25, 0.3) is 11.8 Å². The zero-order valence-corrected chi connectivity index (χ0v) is 21.8. The Morgan fingerprint density at radius 1 is 0.974 bits per heavy atom. The maximum absolute atomic E-state index is 13.6. The third-order valence-corrected chi connectivity index (χ3v) is 6.11. The lowest BCUT2D eigenvalue weighted by molar-refractivity contribution is -0.122. The van der Waals surface area contributed by atoms with Crippen LogP contribution in [0.5, 0.6) is 11.5 Å². The lowest BCUT2D eigenvalue weighted by Gasteiger charge is -2.26. The van der Waals surface area contributed by atoms with Gasteiger partial charge in [0, 0.05) is 5.56 Å². The maximum atomic E-state index is 13.6. The number of carbonyl (C=O) groups excluding carboxylic acids is 3. The summed E-state index contributed by atoms with van der Waals surface area (Å²) in [7, 11) is 0. The Balaban J connectivity index is 1.71. The number of aryl methyl sites for hydroxylation is 1. The summed E-state index contributed by atoms with van der Waals surface area (Å²) in [6.07, 6.45) is 4.32. The van der Waals surface area contributed by atoms with E-state index in [9.17, 15) is 18.8 Å². The molecule has 0 spiro atoms. The average molecular weight is 529 g/mol. The number of urea groups is 1. The molecule has 0 radical (unpaired) electrons. The molecular formula is C31H29FN2O5. The molecule has 0 saturated carbocycles. The second-order valence-electron chi connectivity index (χ2n) is 8.83. The molecule has 0 aliphatic carbocycles. The first-order valence-corrected chi connectivity index (χ1v) is 12.6. The summed E-state index contributed by atoms with van der Waals surface area (Å²) in [6, 6.07) is 15.7. The van der Waals surface area contributed by atoms with Crippen LogP contribution in [0.15, 0.2) is 78.9 Å². The monoisotopic (exact) mass is 528 g/mol. The molecule has 1 saturated heterocycles. The van der Waals surface area contributed by atoms with Gasteiger partial charge in [-0.2, -0.15) is 0 Å². The number of hydrogen-bond donors (Lipinski definition) is 1. The number of halogens is 1. The minimum absolute atomic E-state index is 0.108. The van der Waals surface area contributed by atoms with Gasteiger partial charge in [0.05, 0.1) is 12.3 Å². The summed E-state index contributed by atoms with van der Waals surface area (Å²) in [5.41, 5.74) is 3.06. The molecule has 1 aliphatic rings. The van der Waals surface area contributed by atoms with E-state index in [0.29, 0.717) is 46.9 Å². The Kier molecular flexibility index (Phi) is 8.56. The fourth-order valence-electron chi connectivity index (χ4n) is 4.22. The van der Waals surface area contributed by atoms with E-state index in [1.54, 1.807) is 42.5 Å². The first-order chi connectivity index (χ1) is 18.8. The van der Waals surface area contributed by atoms with Gasteiger partial charge < -0.3 is 9.47 Å². The van der Waals surface area contributed by atoms with Gasteiger partial charge in [-0.1, -0.05) is 37.3 Å². The number of benzene rings is 3. The number of ether oxygens (including phenoxy) is 2. The van der Waals surface area contributed by atoms with Gasteiger partial charge >= 0.3 is 6.03 Å². The molecule has 0 bridgehead atoms. The third kappa shape index (κ3) is 6.23. The zero-order chi connectivity index (χ0) is 27.9. The Bertz CT molecular complexity index is 1450. The molecule has 39 heavy (non-hydrogen) atoms. The highest BCUT2D eigenvalue weighted by molar-refractivity contribution is 6.39. The molecule has 0 atom stereocenters. The van der Waals surface area contributed by atoms with Gasteiger partial charge in [-0.25, -0.2) is 14.1 Å². The number of anilines is 1. The van der Waals surface area contributed by atoms with Gasteiger partial charge in [0.1, 0.15) is 18.0 Å². The molecule has 3 aromatic rings. The fraction of sp³-hybridized carbons (Fsp3) is 0.194. The van der Waals surface area contributed by atoms with E-state index < -0.39 is 17.8 Å². The largest absolute Gasteiger partial charge is 0.490 e. The van der Waals surface area contributed by atoms with Crippen LogP contribution >= 0.6 is 0 Å². The maximum Gasteiger partial charge on any atom is 0.335 e. The van der Waals surface area contributed by atoms with Crippen LogP contribution in [0.25, 0.3) is 6.08 Å². The number of hydrogen-bond acceptors (Lipinski definition) is 5. The van der Waals surface area contributed by atoms with Crippen molar-refractivity contribution >= 4 is 29.6 Å². The van der Waals surface area contributed by atoms with Crippen LogP contribution in [-0.2, 0) is 29.0 Å². The summed E-state index contributed by atoms with van der Waals surface area (Å²) in [5, 5.41) is 2.25. The number of amides is 4. The lowest BCUT2D eigenvalue weighted by atomic mass is 10.0. The molecule has 1 heterocycles. The fourth-order valence-corrected chi connectivity index (χ4v) is 4.22. The Hall–Kier alpha value is -4.72. The third-order valence-electron chi connectivity index (χ3n) is 6.11. The summed E-state index contributed by atoms with van der Waals surface area (Å²) in [5.74, 6) is -1.04. The number of carbonyl (C=O) groups is 3. The molecule has 0 unspecified atom stereocenters. The summed E-state index contributed by atoms with van der Waals surface area (Å²) in [4.78, 5) is 39.6. The van der Waals surface area contributed by atoms with Crippen LogP contribution in [0.2, 0.25) is 0 Å². The van der Waals surface area contributed by atoms with Crippen molar-refractivity contribution in [1.82, 2.24) is 5.32 Å². The smallest absolute Gasteiger partial charge is 0.335 e. The van der Waals surface area contributed by atoms with Crippen molar-refractivity contribution in [3.8, 4) is 11.5 Å². The average Bonchev–Trinajstić information content (AvgIpc) is 2.91. The number of nitrogens with one attached hydrogen (secondary N) is 1. The quantitative estimate of drug-likeness (QED) is 0.205. The van der Waals surface area contributed by atoms with Crippen LogP contribution in [0.1, 0.15) is 36.1 Å². The number of rotatable bonds is 10. The van der Waals surface area contributed by atoms with Crippen molar-refractivity contribution in [3.63, 3.8) is 0 Å². The first-order valence-electron chi connectivity index (χ1n) is 12.6. The van der Waals surface area contributed by atoms with Crippen LogP contribution in [-0.4, -0.2) is 24.5 Å². The summed E-state index contributed by atoms with van der Waals surface area (Å²) < 4.78 is 25.5. The van der Waals surface area contributed by atoms with Gasteiger partial charge in [0.2, 0.25) is 0 Å². The normalized spacial score (nSPS) is 14.4. The molecule has 200 valence electrons. The molecule has 8 heteroatoms. The predicted octanol–water partition coefficient (Wildman–Crippen LogP) is 5.76. The number of nitrogens with zero attached hydrogens (tertiary/aromatic N) is 1. The molecule has 1 fully saturated rings. The second-order valence-corrected chi connectivity index (χ2v) is 8.83. The number of barbiturate groups is 1. The Labute approximate surface area is 226 Å². The first kappa shape index (κ1) is 27.3. The van der Waals surface area contributed by atoms with E-state index in [1.165, 1.54) is 18.2 Å². The topological polar surface area (TPSA) is 84.9 Å². The molecule has 3 aromatic carbocycles. The number of allylic oxidation sites excluding steroid dienone is 1. The van der Waals surface area contributed by atoms with E-state index in [-0.39, 0.29) is 18.0 Å². The van der Waals surface area contributed by atoms with Gasteiger partial charge in [0.15, 0.2) is 11.5 Å². The van der Waals surface area contributed by atoms with Crippen molar-refractivity contribution in [2.24, 2.45) is 0 Å². The van der Waals surface area contributed by atoms with Crippen LogP contribution < -0.4 is 19.7 Å². The van der Waals surface area contributed by atoms with Crippen molar-refractivity contribution in [2.45, 2.75) is 33.3 Å². The van der Waals surface area contributed by atoms with E-state index in [0.717, 1.165) is 16.9 Å². The van der Waals surface area contributed by atoms with Gasteiger partial charge in [-0.3, -0.25) is 14.9 Å². The zero-order valence-electron chi connectivity index (χ0n) is 21.8. The SMILES string of the molecule is C=CCc1cc(/C=C2/C(=O)NC(=O)N(c3ccc(CC)cc3)C2=O)cc(OCC)c1OCc1cccc(F)c1. The van der Waals surface area contributed by atoms with Gasteiger partial charge in [-0.05, 0) is 78.9 Å². The van der Waals surface area contributed by atoms with Crippen molar-refractivity contribution < 1.29 is 28.2 Å². The highest BCUT2D eigenvalue weighted by atomic mass is 19.1. The second kappa shape index (κ2) is 12.2. The van der Waals surface area contributed by atoms with Crippen LogP contribution in [0.3, 0.4) is 0 Å². The Morgan fingerprint density at radius 3 is 2.41 bits per heavy atom. The Morgan fingerprint density at radius 2 is 1.74 bits per heavy atom. The van der Waals surface area contributed by atoms with E-state index in [1.807, 2.05) is 26.0 Å². The highest BCUT2D eigenvalue weighted by Crippen LogP contribution is 2.36. The molecule has 4 amide bonds. The van der Waals surface area contributed by atoms with E-state index >= 15 is 0 Å². The minimum Gasteiger partial charge on any atom is -0.490 e. The minimum atomic E-state index is -0.810. The van der Waals surface area contributed by atoms with Gasteiger partial charge in [-0.15, -0.1) is 6.58 Å². The predicted molar refractivity (Wildman–Crippen MR) is 147 cm³/mol. The summed E-state index contributed by atoms with van der Waals surface area (Å²) >= 11 is 0. The van der Waals surface area contributed by atoms with E-state index in [2.05, 4.69) is 11.9 Å². The molecule has 1 N–H and O–H groups in total. The molecular weight excluding hydrogens is 499 g/mol. The molecule has 4 rings (SSSR count). The van der Waals surface area contributed by atoms with E-state index in [4.69, 9.17) is 9.47 Å². The molecule has 0 aromatic heterocycles.